The number of thiophene rings is 1. The molecular weight excluding hydrogens is 542 g/mol. The van der Waals surface area contributed by atoms with Crippen LogP contribution in [0.5, 0.6) is 0 Å². The second-order valence-electron chi connectivity index (χ2n) is 13.3. The highest BCUT2D eigenvalue weighted by molar-refractivity contribution is 7.18. The molecule has 2 aromatic heterocycles. The summed E-state index contributed by atoms with van der Waals surface area (Å²) in [7, 11) is 0. The Labute approximate surface area is 248 Å². The van der Waals surface area contributed by atoms with E-state index >= 15 is 0 Å². The quantitative estimate of drug-likeness (QED) is 0.264. The number of benzene rings is 2. The van der Waals surface area contributed by atoms with Crippen molar-refractivity contribution in [1.29, 1.82) is 5.26 Å². The Hall–Kier alpha value is -3.76. The topological polar surface area (TPSA) is 84.9 Å². The number of hydrogen-bond acceptors (Lipinski definition) is 5. The highest BCUT2D eigenvalue weighted by Gasteiger charge is 2.76. The van der Waals surface area contributed by atoms with E-state index in [1.54, 1.807) is 10.6 Å². The van der Waals surface area contributed by atoms with Gasteiger partial charge >= 0.3 is 5.69 Å². The van der Waals surface area contributed by atoms with Crippen LogP contribution < -0.4 is 11.2 Å². The largest absolute Gasteiger partial charge is 0.332 e. The molecule has 0 aliphatic heterocycles. The number of hydrogen-bond donors (Lipinski definition) is 0. The van der Waals surface area contributed by atoms with Gasteiger partial charge in [0, 0.05) is 10.3 Å². The molecule has 4 fully saturated rings. The molecule has 2 aromatic carbocycles. The smallest absolute Gasteiger partial charge is 0.297 e. The van der Waals surface area contributed by atoms with E-state index in [0.29, 0.717) is 34.2 Å². The molecule has 1 spiro atoms. The predicted molar refractivity (Wildman–Crippen MR) is 163 cm³/mol. The highest BCUT2D eigenvalue weighted by atomic mass is 32.1. The molecule has 0 N–H and O–H groups in total. The summed E-state index contributed by atoms with van der Waals surface area (Å²) in [4.78, 5) is 43.7. The molecule has 4 aromatic rings. The van der Waals surface area contributed by atoms with Gasteiger partial charge in [-0.05, 0) is 96.9 Å². The SMILES string of the molecule is CCc1cc2c(=O)n(CC(=O)C34CC5CC6CC(C3)C4(C6)C5)c(=O)n(Cc3ccc(-c4ccccc4C#N)cc3)c2s1. The number of ketones is 1. The molecule has 0 saturated heterocycles. The van der Waals surface area contributed by atoms with Crippen molar-refractivity contribution < 1.29 is 4.79 Å². The zero-order valence-electron chi connectivity index (χ0n) is 23.8. The van der Waals surface area contributed by atoms with Crippen LogP contribution in [0.3, 0.4) is 0 Å². The minimum Gasteiger partial charge on any atom is -0.297 e. The molecule has 8 rings (SSSR count). The Morgan fingerprint density at radius 2 is 1.79 bits per heavy atom. The summed E-state index contributed by atoms with van der Waals surface area (Å²) in [5.74, 6) is 2.16. The summed E-state index contributed by atoms with van der Waals surface area (Å²) in [6, 6.07) is 19.5. The van der Waals surface area contributed by atoms with Gasteiger partial charge in [-0.2, -0.15) is 5.26 Å². The van der Waals surface area contributed by atoms with E-state index in [-0.39, 0.29) is 28.7 Å². The van der Waals surface area contributed by atoms with E-state index in [1.807, 2.05) is 55.5 Å². The van der Waals surface area contributed by atoms with E-state index in [0.717, 1.165) is 59.6 Å². The van der Waals surface area contributed by atoms with Crippen molar-refractivity contribution in [2.75, 3.05) is 0 Å². The van der Waals surface area contributed by atoms with Gasteiger partial charge in [0.2, 0.25) is 0 Å². The van der Waals surface area contributed by atoms with Crippen LogP contribution in [0.25, 0.3) is 21.3 Å². The van der Waals surface area contributed by atoms with Crippen LogP contribution in [0.2, 0.25) is 0 Å². The molecule has 0 amide bonds. The summed E-state index contributed by atoms with van der Waals surface area (Å²) in [5.41, 5.74) is 2.38. The maximum absolute atomic E-state index is 14.2. The van der Waals surface area contributed by atoms with Gasteiger partial charge in [-0.1, -0.05) is 49.4 Å². The molecule has 6 nitrogen and oxygen atoms in total. The number of carbonyl (C=O) groups excluding carboxylic acids is 1. The van der Waals surface area contributed by atoms with Gasteiger partial charge in [0.1, 0.15) is 4.83 Å². The summed E-state index contributed by atoms with van der Waals surface area (Å²) in [5, 5.41) is 10.0. The van der Waals surface area contributed by atoms with Gasteiger partial charge in [-0.15, -0.1) is 11.3 Å². The third kappa shape index (κ3) is 3.45. The molecule has 7 heteroatoms. The Morgan fingerprint density at radius 3 is 2.57 bits per heavy atom. The molecule has 4 aliphatic carbocycles. The van der Waals surface area contributed by atoms with Crippen molar-refractivity contribution in [2.24, 2.45) is 28.6 Å². The second-order valence-corrected chi connectivity index (χ2v) is 14.4. The number of nitriles is 1. The number of carbonyl (C=O) groups is 1. The standard InChI is InChI=1S/C35H33N3O3S/c1-2-27-13-29-31(40)37(20-30(39)35-16-23-11-22-12-26(17-35)34(35,14-22)15-23)33(41)38(32(29)42-27)19-21-7-9-24(10-8-21)28-6-4-3-5-25(28)18-36/h3-10,13,22-23,26H,2,11-12,14-17,19-20H2,1H3. The number of aromatic nitrogens is 2. The first kappa shape index (κ1) is 25.9. The van der Waals surface area contributed by atoms with Crippen LogP contribution in [0.1, 0.15) is 61.5 Å². The van der Waals surface area contributed by atoms with E-state index in [2.05, 4.69) is 6.07 Å². The molecule has 42 heavy (non-hydrogen) atoms. The first-order chi connectivity index (χ1) is 20.4. The molecule has 212 valence electrons. The van der Waals surface area contributed by atoms with E-state index < -0.39 is 5.69 Å². The maximum atomic E-state index is 14.2. The molecule has 2 heterocycles. The molecule has 5 unspecified atom stereocenters. The van der Waals surface area contributed by atoms with Crippen molar-refractivity contribution in [3.8, 4) is 17.2 Å². The minimum absolute atomic E-state index is 0.111. The van der Waals surface area contributed by atoms with Crippen LogP contribution in [0.4, 0.5) is 0 Å². The van der Waals surface area contributed by atoms with E-state index in [9.17, 15) is 19.6 Å². The Bertz CT molecular complexity index is 1940. The van der Waals surface area contributed by atoms with Gasteiger partial charge in [0.15, 0.2) is 5.78 Å². The molecule has 5 atom stereocenters. The van der Waals surface area contributed by atoms with Crippen molar-refractivity contribution in [1.82, 2.24) is 9.13 Å². The predicted octanol–water partition coefficient (Wildman–Crippen LogP) is 6.16. The summed E-state index contributed by atoms with van der Waals surface area (Å²) >= 11 is 1.49. The number of fused-ring (bicyclic) bond motifs is 3. The average Bonchev–Trinajstić information content (AvgIpc) is 3.58. The average molecular weight is 576 g/mol. The molecule has 4 aliphatic rings. The summed E-state index contributed by atoms with van der Waals surface area (Å²) in [6.07, 6.45) is 7.51. The highest BCUT2D eigenvalue weighted by Crippen LogP contribution is 2.81. The van der Waals surface area contributed by atoms with E-state index in [1.165, 1.54) is 28.7 Å². The van der Waals surface area contributed by atoms with Crippen molar-refractivity contribution >= 4 is 27.3 Å². The van der Waals surface area contributed by atoms with Crippen molar-refractivity contribution in [3.63, 3.8) is 0 Å². The fourth-order valence-electron chi connectivity index (χ4n) is 9.69. The Kier molecular flexibility index (Phi) is 5.63. The monoisotopic (exact) mass is 575 g/mol. The minimum atomic E-state index is -0.403. The number of rotatable bonds is 7. The fourth-order valence-corrected chi connectivity index (χ4v) is 10.8. The third-order valence-electron chi connectivity index (χ3n) is 11.3. The first-order valence-corrected chi connectivity index (χ1v) is 16.1. The lowest BCUT2D eigenvalue weighted by Gasteiger charge is -2.58. The molecule has 3 bridgehead atoms. The van der Waals surface area contributed by atoms with Crippen LogP contribution in [-0.2, 0) is 24.3 Å². The van der Waals surface area contributed by atoms with Gasteiger partial charge in [0.05, 0.1) is 30.1 Å². The lowest BCUT2D eigenvalue weighted by molar-refractivity contribution is -0.159. The van der Waals surface area contributed by atoms with Crippen LogP contribution in [-0.4, -0.2) is 14.9 Å². The fraction of sp³-hybridized carbons (Fsp3) is 0.429. The number of nitrogens with zero attached hydrogens (tertiary/aromatic N) is 3. The van der Waals surface area contributed by atoms with Crippen LogP contribution in [0.15, 0.2) is 64.2 Å². The number of Topliss-reactive ketones (excluding diaryl/α,β-unsaturated/α-hetero) is 1. The Morgan fingerprint density at radius 1 is 1.00 bits per heavy atom. The third-order valence-corrected chi connectivity index (χ3v) is 12.6. The van der Waals surface area contributed by atoms with Gasteiger partial charge in [0.25, 0.3) is 5.56 Å². The molecule has 4 saturated carbocycles. The summed E-state index contributed by atoms with van der Waals surface area (Å²) < 4.78 is 2.92. The van der Waals surface area contributed by atoms with Crippen molar-refractivity contribution in [2.45, 2.75) is 65.0 Å². The molecule has 0 radical (unpaired) electrons. The van der Waals surface area contributed by atoms with Crippen molar-refractivity contribution in [3.05, 3.63) is 91.4 Å². The van der Waals surface area contributed by atoms with Crippen LogP contribution >= 0.6 is 11.3 Å². The maximum Gasteiger partial charge on any atom is 0.332 e. The first-order valence-electron chi connectivity index (χ1n) is 15.2. The van der Waals surface area contributed by atoms with Gasteiger partial charge < -0.3 is 0 Å². The normalized spacial score (nSPS) is 28.5. The second kappa shape index (κ2) is 9.12. The van der Waals surface area contributed by atoms with Gasteiger partial charge in [-0.3, -0.25) is 18.7 Å². The molecular formula is C35H33N3O3S. The zero-order chi connectivity index (χ0) is 28.8. The lowest BCUT2D eigenvalue weighted by atomic mass is 9.45. The van der Waals surface area contributed by atoms with E-state index in [4.69, 9.17) is 0 Å². The number of aryl methyl sites for hydroxylation is 1. The van der Waals surface area contributed by atoms with Gasteiger partial charge in [-0.25, -0.2) is 4.79 Å². The Balaban J connectivity index is 1.16. The van der Waals surface area contributed by atoms with Crippen LogP contribution in [0, 0.1) is 39.9 Å². The summed E-state index contributed by atoms with van der Waals surface area (Å²) in [6.45, 7) is 2.22. The lowest BCUT2D eigenvalue weighted by Crippen LogP contribution is -2.58. The zero-order valence-corrected chi connectivity index (χ0v) is 24.6.